The molecule has 102 valence electrons. The van der Waals surface area contributed by atoms with Crippen molar-refractivity contribution in [1.29, 1.82) is 0 Å². The largest absolute Gasteiger partial charge is 0.313 e. The Bertz CT molecular complexity index is 360. The molecular formula is C14H21ClFNS. The second-order valence-corrected chi connectivity index (χ2v) is 5.84. The van der Waals surface area contributed by atoms with Gasteiger partial charge < -0.3 is 5.32 Å². The second-order valence-electron chi connectivity index (χ2n) is 4.28. The van der Waals surface area contributed by atoms with E-state index in [2.05, 4.69) is 19.2 Å². The van der Waals surface area contributed by atoms with Gasteiger partial charge in [0.1, 0.15) is 5.82 Å². The second kappa shape index (κ2) is 8.78. The van der Waals surface area contributed by atoms with Gasteiger partial charge in [-0.25, -0.2) is 4.39 Å². The van der Waals surface area contributed by atoms with Crippen LogP contribution in [-0.2, 0) is 6.42 Å². The summed E-state index contributed by atoms with van der Waals surface area (Å²) in [5.74, 6) is 1.91. The van der Waals surface area contributed by atoms with Crippen LogP contribution >= 0.6 is 23.4 Å². The standard InChI is InChI=1S/C14H21ClFNS/c1-3-7-18-10-12(17-4-2)8-11-5-6-13(15)14(16)9-11/h5-6,9,12,17H,3-4,7-8,10H2,1-2H3. The Morgan fingerprint density at radius 2 is 2.17 bits per heavy atom. The highest BCUT2D eigenvalue weighted by Crippen LogP contribution is 2.17. The lowest BCUT2D eigenvalue weighted by Crippen LogP contribution is -2.33. The van der Waals surface area contributed by atoms with E-state index in [0.717, 1.165) is 24.3 Å². The topological polar surface area (TPSA) is 12.0 Å². The molecule has 0 aliphatic heterocycles. The van der Waals surface area contributed by atoms with Gasteiger partial charge in [0.25, 0.3) is 0 Å². The Hall–Kier alpha value is -0.250. The van der Waals surface area contributed by atoms with Gasteiger partial charge in [0.15, 0.2) is 0 Å². The molecule has 0 saturated heterocycles. The first-order valence-corrected chi connectivity index (χ1v) is 7.95. The predicted molar refractivity (Wildman–Crippen MR) is 80.2 cm³/mol. The van der Waals surface area contributed by atoms with Crippen molar-refractivity contribution in [2.75, 3.05) is 18.1 Å². The van der Waals surface area contributed by atoms with E-state index in [9.17, 15) is 4.39 Å². The number of hydrogen-bond donors (Lipinski definition) is 1. The molecule has 0 aromatic heterocycles. The molecule has 0 heterocycles. The molecule has 0 amide bonds. The van der Waals surface area contributed by atoms with Crippen molar-refractivity contribution in [3.05, 3.63) is 34.6 Å². The van der Waals surface area contributed by atoms with Crippen LogP contribution in [0, 0.1) is 5.82 Å². The van der Waals surface area contributed by atoms with E-state index in [4.69, 9.17) is 11.6 Å². The number of thioether (sulfide) groups is 1. The van der Waals surface area contributed by atoms with Crippen molar-refractivity contribution in [1.82, 2.24) is 5.32 Å². The van der Waals surface area contributed by atoms with Gasteiger partial charge in [0.2, 0.25) is 0 Å². The van der Waals surface area contributed by atoms with Crippen LogP contribution in [0.5, 0.6) is 0 Å². The SMILES string of the molecule is CCCSCC(Cc1ccc(Cl)c(F)c1)NCC. The van der Waals surface area contributed by atoms with Crippen molar-refractivity contribution >= 4 is 23.4 Å². The third-order valence-electron chi connectivity index (χ3n) is 2.63. The van der Waals surface area contributed by atoms with Crippen molar-refractivity contribution < 1.29 is 4.39 Å². The Kier molecular flexibility index (Phi) is 7.71. The lowest BCUT2D eigenvalue weighted by Gasteiger charge is -2.17. The van der Waals surface area contributed by atoms with Crippen LogP contribution in [0.2, 0.25) is 5.02 Å². The summed E-state index contributed by atoms with van der Waals surface area (Å²) in [6.07, 6.45) is 2.04. The third-order valence-corrected chi connectivity index (χ3v) is 4.27. The molecule has 0 bridgehead atoms. The average molecular weight is 290 g/mol. The molecule has 0 aliphatic rings. The van der Waals surface area contributed by atoms with Gasteiger partial charge >= 0.3 is 0 Å². The molecule has 0 saturated carbocycles. The van der Waals surface area contributed by atoms with Crippen LogP contribution in [-0.4, -0.2) is 24.1 Å². The van der Waals surface area contributed by atoms with Gasteiger partial charge in [-0.3, -0.25) is 0 Å². The van der Waals surface area contributed by atoms with Gasteiger partial charge in [0.05, 0.1) is 5.02 Å². The van der Waals surface area contributed by atoms with E-state index in [1.807, 2.05) is 17.8 Å². The first-order valence-electron chi connectivity index (χ1n) is 6.42. The predicted octanol–water partition coefficient (Wildman–Crippen LogP) is 4.14. The number of nitrogens with one attached hydrogen (secondary N) is 1. The number of rotatable bonds is 8. The quantitative estimate of drug-likeness (QED) is 0.722. The smallest absolute Gasteiger partial charge is 0.142 e. The van der Waals surface area contributed by atoms with Crippen LogP contribution in [0.1, 0.15) is 25.8 Å². The minimum atomic E-state index is -0.328. The van der Waals surface area contributed by atoms with Crippen LogP contribution < -0.4 is 5.32 Å². The van der Waals surface area contributed by atoms with Crippen molar-refractivity contribution in [2.24, 2.45) is 0 Å². The van der Waals surface area contributed by atoms with Crippen molar-refractivity contribution in [2.45, 2.75) is 32.7 Å². The van der Waals surface area contributed by atoms with Gasteiger partial charge in [-0.15, -0.1) is 0 Å². The zero-order chi connectivity index (χ0) is 13.4. The Morgan fingerprint density at radius 1 is 1.39 bits per heavy atom. The maximum Gasteiger partial charge on any atom is 0.142 e. The van der Waals surface area contributed by atoms with Crippen molar-refractivity contribution in [3.8, 4) is 0 Å². The molecule has 0 aliphatic carbocycles. The third kappa shape index (κ3) is 5.59. The summed E-state index contributed by atoms with van der Waals surface area (Å²) < 4.78 is 13.4. The summed E-state index contributed by atoms with van der Waals surface area (Å²) >= 11 is 7.63. The average Bonchev–Trinajstić information content (AvgIpc) is 2.34. The molecular weight excluding hydrogens is 269 g/mol. The highest BCUT2D eigenvalue weighted by atomic mass is 35.5. The first kappa shape index (κ1) is 15.8. The van der Waals surface area contributed by atoms with E-state index in [-0.39, 0.29) is 10.8 Å². The molecule has 0 radical (unpaired) electrons. The van der Waals surface area contributed by atoms with Gasteiger partial charge in [-0.05, 0) is 42.8 Å². The Labute approximate surface area is 118 Å². The highest BCUT2D eigenvalue weighted by molar-refractivity contribution is 7.99. The first-order chi connectivity index (χ1) is 8.67. The molecule has 1 aromatic rings. The number of benzene rings is 1. The molecule has 1 unspecified atom stereocenters. The van der Waals surface area contributed by atoms with Gasteiger partial charge in [-0.1, -0.05) is 31.5 Å². The maximum absolute atomic E-state index is 13.4. The molecule has 4 heteroatoms. The molecule has 0 spiro atoms. The Balaban J connectivity index is 2.55. The Morgan fingerprint density at radius 3 is 2.78 bits per heavy atom. The lowest BCUT2D eigenvalue weighted by atomic mass is 10.1. The molecule has 1 aromatic carbocycles. The van der Waals surface area contributed by atoms with E-state index in [1.165, 1.54) is 18.2 Å². The molecule has 1 nitrogen and oxygen atoms in total. The van der Waals surface area contributed by atoms with E-state index < -0.39 is 0 Å². The molecule has 1 rings (SSSR count). The number of halogens is 2. The van der Waals surface area contributed by atoms with Gasteiger partial charge in [-0.2, -0.15) is 11.8 Å². The van der Waals surface area contributed by atoms with Crippen LogP contribution in [0.25, 0.3) is 0 Å². The van der Waals surface area contributed by atoms with Crippen LogP contribution in [0.3, 0.4) is 0 Å². The summed E-state index contributed by atoms with van der Waals surface area (Å²) in [5.41, 5.74) is 1.000. The molecule has 18 heavy (non-hydrogen) atoms. The zero-order valence-electron chi connectivity index (χ0n) is 11.0. The fourth-order valence-electron chi connectivity index (χ4n) is 1.80. The summed E-state index contributed by atoms with van der Waals surface area (Å²) in [4.78, 5) is 0. The van der Waals surface area contributed by atoms with Crippen LogP contribution in [0.4, 0.5) is 4.39 Å². The summed E-state index contributed by atoms with van der Waals surface area (Å²) in [7, 11) is 0. The minimum Gasteiger partial charge on any atom is -0.313 e. The number of hydrogen-bond acceptors (Lipinski definition) is 2. The normalized spacial score (nSPS) is 12.7. The zero-order valence-corrected chi connectivity index (χ0v) is 12.6. The van der Waals surface area contributed by atoms with E-state index in [1.54, 1.807) is 6.07 Å². The molecule has 0 fully saturated rings. The van der Waals surface area contributed by atoms with E-state index in [0.29, 0.717) is 6.04 Å². The van der Waals surface area contributed by atoms with Crippen molar-refractivity contribution in [3.63, 3.8) is 0 Å². The fraction of sp³-hybridized carbons (Fsp3) is 0.571. The summed E-state index contributed by atoms with van der Waals surface area (Å²) in [6, 6.07) is 5.47. The lowest BCUT2D eigenvalue weighted by molar-refractivity contribution is 0.568. The maximum atomic E-state index is 13.4. The van der Waals surface area contributed by atoms with E-state index >= 15 is 0 Å². The number of likely N-dealkylation sites (N-methyl/N-ethyl adjacent to an activating group) is 1. The minimum absolute atomic E-state index is 0.194. The fourth-order valence-corrected chi connectivity index (χ4v) is 2.89. The molecule has 1 atom stereocenters. The monoisotopic (exact) mass is 289 g/mol. The summed E-state index contributed by atoms with van der Waals surface area (Å²) in [5, 5.41) is 3.64. The van der Waals surface area contributed by atoms with Gasteiger partial charge in [0, 0.05) is 11.8 Å². The summed E-state index contributed by atoms with van der Waals surface area (Å²) in [6.45, 7) is 5.22. The van der Waals surface area contributed by atoms with Crippen LogP contribution in [0.15, 0.2) is 18.2 Å². The highest BCUT2D eigenvalue weighted by Gasteiger charge is 2.10. The molecule has 1 N–H and O–H groups in total.